The van der Waals surface area contributed by atoms with Gasteiger partial charge in [-0.05, 0) is 59.0 Å². The van der Waals surface area contributed by atoms with Gasteiger partial charge in [0.05, 0.1) is 29.9 Å². The molecule has 3 rings (SSSR count). The number of ether oxygens (including phenoxy) is 1. The third kappa shape index (κ3) is 4.55. The minimum atomic E-state index is -0.497. The Balaban J connectivity index is 1.73. The van der Waals surface area contributed by atoms with Crippen molar-refractivity contribution in [1.82, 2.24) is 5.43 Å². The van der Waals surface area contributed by atoms with Crippen LogP contribution in [0.1, 0.15) is 16.1 Å². The zero-order valence-electron chi connectivity index (χ0n) is 14.6. The fraction of sp³-hybridized carbons (Fsp3) is 0.0526. The first-order valence-corrected chi connectivity index (χ1v) is 9.07. The Hall–Kier alpha value is -3.21. The summed E-state index contributed by atoms with van der Waals surface area (Å²) in [5.74, 6) is 0.841. The summed E-state index contributed by atoms with van der Waals surface area (Å²) in [6.07, 6.45) is 1.37. The molecule has 2 aromatic carbocycles. The average molecular weight is 491 g/mol. The highest BCUT2D eigenvalue weighted by atomic mass is 127. The molecule has 0 saturated heterocycles. The molecule has 0 spiro atoms. The highest BCUT2D eigenvalue weighted by molar-refractivity contribution is 14.1. The van der Waals surface area contributed by atoms with Crippen LogP contribution in [0.5, 0.6) is 5.75 Å². The van der Waals surface area contributed by atoms with Crippen LogP contribution in [-0.2, 0) is 0 Å². The fourth-order valence-electron chi connectivity index (χ4n) is 2.41. The highest BCUT2D eigenvalue weighted by Crippen LogP contribution is 2.33. The lowest BCUT2D eigenvalue weighted by Crippen LogP contribution is -2.17. The van der Waals surface area contributed by atoms with Crippen molar-refractivity contribution in [3.05, 3.63) is 79.6 Å². The lowest BCUT2D eigenvalue weighted by Gasteiger charge is -2.05. The monoisotopic (exact) mass is 491 g/mol. The van der Waals surface area contributed by atoms with E-state index in [0.29, 0.717) is 28.4 Å². The van der Waals surface area contributed by atoms with Gasteiger partial charge in [0.1, 0.15) is 17.3 Å². The molecule has 1 heterocycles. The van der Waals surface area contributed by atoms with Gasteiger partial charge in [0.2, 0.25) is 0 Å². The standard InChI is InChI=1S/C19H14IN3O5/c1-27-18-10-14(23(25)26)5-7-16(18)17-8-6-15(28-17)11-21-22-19(24)12-3-2-4-13(20)9-12/h2-11H,1H3,(H,22,24)/b21-11-. The topological polar surface area (TPSA) is 107 Å². The molecule has 1 aromatic heterocycles. The molecule has 0 aliphatic heterocycles. The van der Waals surface area contributed by atoms with Crippen LogP contribution in [0.15, 0.2) is 64.1 Å². The summed E-state index contributed by atoms with van der Waals surface area (Å²) in [5.41, 5.74) is 3.42. The number of hydrogen-bond donors (Lipinski definition) is 1. The van der Waals surface area contributed by atoms with E-state index in [4.69, 9.17) is 9.15 Å². The van der Waals surface area contributed by atoms with E-state index >= 15 is 0 Å². The first kappa shape index (κ1) is 19.5. The van der Waals surface area contributed by atoms with Crippen molar-refractivity contribution in [2.24, 2.45) is 5.10 Å². The van der Waals surface area contributed by atoms with Crippen LogP contribution >= 0.6 is 22.6 Å². The molecule has 9 heteroatoms. The van der Waals surface area contributed by atoms with E-state index in [0.717, 1.165) is 3.57 Å². The second-order valence-electron chi connectivity index (χ2n) is 5.55. The number of non-ortho nitro benzene ring substituents is 1. The summed E-state index contributed by atoms with van der Waals surface area (Å²) in [5, 5.41) is 14.8. The highest BCUT2D eigenvalue weighted by Gasteiger charge is 2.15. The molecule has 0 radical (unpaired) electrons. The lowest BCUT2D eigenvalue weighted by atomic mass is 10.1. The summed E-state index contributed by atoms with van der Waals surface area (Å²) < 4.78 is 11.8. The first-order valence-electron chi connectivity index (χ1n) is 7.99. The third-order valence-corrected chi connectivity index (χ3v) is 4.40. The Bertz CT molecular complexity index is 1060. The van der Waals surface area contributed by atoms with Crippen LogP contribution in [0.2, 0.25) is 0 Å². The molecule has 1 N–H and O–H groups in total. The van der Waals surface area contributed by atoms with E-state index in [-0.39, 0.29) is 11.6 Å². The molecule has 0 aliphatic carbocycles. The van der Waals surface area contributed by atoms with Crippen LogP contribution in [0, 0.1) is 13.7 Å². The molecule has 1 amide bonds. The number of carbonyl (C=O) groups is 1. The molecule has 0 saturated carbocycles. The molecule has 28 heavy (non-hydrogen) atoms. The SMILES string of the molecule is COc1cc([N+](=O)[O-])ccc1-c1ccc(/C=N\NC(=O)c2cccc(I)c2)o1. The maximum absolute atomic E-state index is 12.1. The second kappa shape index (κ2) is 8.65. The molecule has 142 valence electrons. The van der Waals surface area contributed by atoms with Gasteiger partial charge in [0, 0.05) is 15.2 Å². The lowest BCUT2D eigenvalue weighted by molar-refractivity contribution is -0.384. The number of nitro benzene ring substituents is 1. The predicted octanol–water partition coefficient (Wildman–Crippen LogP) is 4.23. The third-order valence-electron chi connectivity index (χ3n) is 3.73. The van der Waals surface area contributed by atoms with Crippen molar-refractivity contribution >= 4 is 40.4 Å². The quantitative estimate of drug-likeness (QED) is 0.240. The molecule has 8 nitrogen and oxygen atoms in total. The van der Waals surface area contributed by atoms with Crippen LogP contribution < -0.4 is 10.2 Å². The van der Waals surface area contributed by atoms with Gasteiger partial charge in [-0.2, -0.15) is 5.10 Å². The maximum atomic E-state index is 12.1. The van der Waals surface area contributed by atoms with E-state index in [2.05, 4.69) is 33.1 Å². The molecule has 0 fully saturated rings. The number of halogens is 1. The Morgan fingerprint density at radius 2 is 2.07 bits per heavy atom. The van der Waals surface area contributed by atoms with Gasteiger partial charge in [-0.15, -0.1) is 0 Å². The Morgan fingerprint density at radius 1 is 1.25 bits per heavy atom. The molecule has 0 unspecified atom stereocenters. The maximum Gasteiger partial charge on any atom is 0.273 e. The fourth-order valence-corrected chi connectivity index (χ4v) is 2.96. The van der Waals surface area contributed by atoms with Crippen molar-refractivity contribution in [2.75, 3.05) is 7.11 Å². The Kier molecular flexibility index (Phi) is 6.04. The van der Waals surface area contributed by atoms with Crippen molar-refractivity contribution in [3.8, 4) is 17.1 Å². The average Bonchev–Trinajstić information content (AvgIpc) is 3.16. The van der Waals surface area contributed by atoms with Crippen LogP contribution in [0.4, 0.5) is 5.69 Å². The van der Waals surface area contributed by atoms with Gasteiger partial charge >= 0.3 is 0 Å². The molecule has 0 bridgehead atoms. The van der Waals surface area contributed by atoms with Gasteiger partial charge in [-0.3, -0.25) is 14.9 Å². The normalized spacial score (nSPS) is 10.8. The number of hydrazone groups is 1. The summed E-state index contributed by atoms with van der Waals surface area (Å²) in [6, 6.07) is 14.7. The molecule has 0 atom stereocenters. The molecule has 3 aromatic rings. The number of benzene rings is 2. The van der Waals surface area contributed by atoms with Crippen molar-refractivity contribution in [2.45, 2.75) is 0 Å². The van der Waals surface area contributed by atoms with Crippen LogP contribution in [0.3, 0.4) is 0 Å². The van der Waals surface area contributed by atoms with Gasteiger partial charge < -0.3 is 9.15 Å². The number of hydrogen-bond acceptors (Lipinski definition) is 6. The number of methoxy groups -OCH3 is 1. The Morgan fingerprint density at radius 3 is 2.79 bits per heavy atom. The summed E-state index contributed by atoms with van der Waals surface area (Å²) in [7, 11) is 1.42. The molecular weight excluding hydrogens is 477 g/mol. The molecule has 0 aliphatic rings. The number of furan rings is 1. The summed E-state index contributed by atoms with van der Waals surface area (Å²) in [6.45, 7) is 0. The van der Waals surface area contributed by atoms with E-state index in [9.17, 15) is 14.9 Å². The van der Waals surface area contributed by atoms with Crippen molar-refractivity contribution in [3.63, 3.8) is 0 Å². The van der Waals surface area contributed by atoms with Crippen LogP contribution in [0.25, 0.3) is 11.3 Å². The number of amides is 1. The largest absolute Gasteiger partial charge is 0.496 e. The van der Waals surface area contributed by atoms with E-state index in [1.54, 1.807) is 36.4 Å². The molecular formula is C19H14IN3O5. The van der Waals surface area contributed by atoms with Crippen LogP contribution in [-0.4, -0.2) is 24.2 Å². The minimum absolute atomic E-state index is 0.0766. The zero-order chi connectivity index (χ0) is 20.1. The Labute approximate surface area is 173 Å². The van der Waals surface area contributed by atoms with Crippen molar-refractivity contribution in [1.29, 1.82) is 0 Å². The number of nitrogens with zero attached hydrogens (tertiary/aromatic N) is 2. The van der Waals surface area contributed by atoms with E-state index in [1.165, 1.54) is 25.5 Å². The van der Waals surface area contributed by atoms with E-state index < -0.39 is 4.92 Å². The smallest absolute Gasteiger partial charge is 0.273 e. The first-order chi connectivity index (χ1) is 13.5. The van der Waals surface area contributed by atoms with Gasteiger partial charge in [0.15, 0.2) is 0 Å². The number of nitrogens with one attached hydrogen (secondary N) is 1. The number of rotatable bonds is 6. The predicted molar refractivity (Wildman–Crippen MR) is 112 cm³/mol. The van der Waals surface area contributed by atoms with Gasteiger partial charge in [-0.25, -0.2) is 5.43 Å². The second-order valence-corrected chi connectivity index (χ2v) is 6.80. The van der Waals surface area contributed by atoms with E-state index in [1.807, 2.05) is 6.07 Å². The minimum Gasteiger partial charge on any atom is -0.496 e. The summed E-state index contributed by atoms with van der Waals surface area (Å²) >= 11 is 2.12. The summed E-state index contributed by atoms with van der Waals surface area (Å²) in [4.78, 5) is 22.4. The number of carbonyl (C=O) groups excluding carboxylic acids is 1. The van der Waals surface area contributed by atoms with Crippen molar-refractivity contribution < 1.29 is 18.9 Å². The van der Waals surface area contributed by atoms with Gasteiger partial charge in [0.25, 0.3) is 11.6 Å². The van der Waals surface area contributed by atoms with Gasteiger partial charge in [-0.1, -0.05) is 6.07 Å². The number of nitro groups is 1. The zero-order valence-corrected chi connectivity index (χ0v) is 16.7.